The van der Waals surface area contributed by atoms with Crippen LogP contribution in [0.2, 0.25) is 0 Å². The standard InChI is InChI=1S/C24H25N5O4/c1-16(2)23(24-25-20-6-4-5-7-21(20)33-24)29-14-18(26-28-29)10-13-22(30)27-32-15-17-8-11-19(31-3)12-9-17/h4-14,16,23H,15H2,1-3H3,(H,27,30)/b13-10+/t23-/m1/s1. The normalized spacial score (nSPS) is 12.5. The second kappa shape index (κ2) is 10.1. The van der Waals surface area contributed by atoms with Crippen LogP contribution in [0.25, 0.3) is 17.2 Å². The summed E-state index contributed by atoms with van der Waals surface area (Å²) in [6.07, 6.45) is 4.66. The summed E-state index contributed by atoms with van der Waals surface area (Å²) in [7, 11) is 1.61. The SMILES string of the molecule is COc1ccc(CONC(=O)/C=C/c2cn([C@@H](c3nc4ccccc4o3)C(C)C)nn2)cc1. The van der Waals surface area contributed by atoms with E-state index in [1.54, 1.807) is 24.1 Å². The Bertz CT molecular complexity index is 1210. The number of benzene rings is 2. The van der Waals surface area contributed by atoms with E-state index in [2.05, 4.69) is 34.6 Å². The van der Waals surface area contributed by atoms with Crippen LogP contribution in [0.4, 0.5) is 0 Å². The van der Waals surface area contributed by atoms with Gasteiger partial charge in [-0.3, -0.25) is 9.63 Å². The molecule has 0 radical (unpaired) electrons. The van der Waals surface area contributed by atoms with Crippen molar-refractivity contribution >= 4 is 23.1 Å². The van der Waals surface area contributed by atoms with Crippen molar-refractivity contribution in [1.82, 2.24) is 25.5 Å². The number of carbonyl (C=O) groups excluding carboxylic acids is 1. The quantitative estimate of drug-likeness (QED) is 0.306. The maximum Gasteiger partial charge on any atom is 0.267 e. The third-order valence-corrected chi connectivity index (χ3v) is 4.98. The van der Waals surface area contributed by atoms with Crippen molar-refractivity contribution in [3.05, 3.63) is 78.0 Å². The lowest BCUT2D eigenvalue weighted by atomic mass is 10.0. The summed E-state index contributed by atoms with van der Waals surface area (Å²) in [5.74, 6) is 1.08. The average Bonchev–Trinajstić information content (AvgIpc) is 3.45. The van der Waals surface area contributed by atoms with Crippen LogP contribution in [0.1, 0.15) is 37.0 Å². The molecule has 1 N–H and O–H groups in total. The summed E-state index contributed by atoms with van der Waals surface area (Å²) in [5.41, 5.74) is 5.34. The lowest BCUT2D eigenvalue weighted by Crippen LogP contribution is -2.21. The molecule has 0 saturated heterocycles. The summed E-state index contributed by atoms with van der Waals surface area (Å²) in [6, 6.07) is 14.8. The molecule has 4 rings (SSSR count). The van der Waals surface area contributed by atoms with E-state index in [0.29, 0.717) is 11.6 Å². The van der Waals surface area contributed by atoms with Crippen LogP contribution in [0.3, 0.4) is 0 Å². The van der Waals surface area contributed by atoms with Gasteiger partial charge in [-0.1, -0.05) is 43.3 Å². The second-order valence-corrected chi connectivity index (χ2v) is 7.77. The Morgan fingerprint density at radius 2 is 1.97 bits per heavy atom. The lowest BCUT2D eigenvalue weighted by Gasteiger charge is -2.16. The van der Waals surface area contributed by atoms with Crippen LogP contribution >= 0.6 is 0 Å². The molecule has 9 nitrogen and oxygen atoms in total. The fourth-order valence-corrected chi connectivity index (χ4v) is 3.33. The number of hydroxylamine groups is 1. The smallest absolute Gasteiger partial charge is 0.267 e. The number of aromatic nitrogens is 4. The molecule has 2 aromatic carbocycles. The number of hydrogen-bond donors (Lipinski definition) is 1. The molecule has 0 aliphatic rings. The number of carbonyl (C=O) groups is 1. The van der Waals surface area contributed by atoms with E-state index in [9.17, 15) is 4.79 Å². The van der Waals surface area contributed by atoms with Crippen molar-refractivity contribution in [3.63, 3.8) is 0 Å². The average molecular weight is 447 g/mol. The van der Waals surface area contributed by atoms with Crippen molar-refractivity contribution in [2.75, 3.05) is 7.11 Å². The minimum Gasteiger partial charge on any atom is -0.497 e. The monoisotopic (exact) mass is 447 g/mol. The zero-order valence-electron chi connectivity index (χ0n) is 18.6. The molecule has 4 aromatic rings. The molecule has 0 fully saturated rings. The van der Waals surface area contributed by atoms with Gasteiger partial charge in [-0.05, 0) is 41.8 Å². The number of amides is 1. The van der Waals surface area contributed by atoms with Gasteiger partial charge in [0.2, 0.25) is 5.89 Å². The van der Waals surface area contributed by atoms with Crippen LogP contribution in [0.5, 0.6) is 5.75 Å². The first-order valence-corrected chi connectivity index (χ1v) is 10.5. The predicted molar refractivity (Wildman–Crippen MR) is 122 cm³/mol. The van der Waals surface area contributed by atoms with Gasteiger partial charge in [0.15, 0.2) is 5.58 Å². The minimum atomic E-state index is -0.405. The Hall–Kier alpha value is -3.98. The summed E-state index contributed by atoms with van der Waals surface area (Å²) in [4.78, 5) is 21.9. The van der Waals surface area contributed by atoms with Gasteiger partial charge in [-0.25, -0.2) is 15.1 Å². The number of ether oxygens (including phenoxy) is 1. The van der Waals surface area contributed by atoms with E-state index in [1.165, 1.54) is 6.08 Å². The Morgan fingerprint density at radius 3 is 2.70 bits per heavy atom. The maximum absolute atomic E-state index is 12.1. The van der Waals surface area contributed by atoms with Crippen LogP contribution in [0, 0.1) is 5.92 Å². The van der Waals surface area contributed by atoms with Crippen molar-refractivity contribution in [2.24, 2.45) is 5.92 Å². The van der Waals surface area contributed by atoms with Gasteiger partial charge in [-0.15, -0.1) is 5.10 Å². The number of rotatable bonds is 9. The Labute approximate surface area is 191 Å². The molecule has 0 bridgehead atoms. The molecule has 0 saturated carbocycles. The Morgan fingerprint density at radius 1 is 1.18 bits per heavy atom. The first-order chi connectivity index (χ1) is 16.0. The molecule has 0 unspecified atom stereocenters. The summed E-state index contributed by atoms with van der Waals surface area (Å²) < 4.78 is 12.8. The minimum absolute atomic E-state index is 0.159. The van der Waals surface area contributed by atoms with E-state index in [0.717, 1.165) is 22.4 Å². The highest BCUT2D eigenvalue weighted by atomic mass is 16.6. The molecular weight excluding hydrogens is 422 g/mol. The largest absolute Gasteiger partial charge is 0.497 e. The molecule has 2 heterocycles. The third-order valence-electron chi connectivity index (χ3n) is 4.98. The van der Waals surface area contributed by atoms with E-state index in [4.69, 9.17) is 14.0 Å². The molecule has 33 heavy (non-hydrogen) atoms. The van der Waals surface area contributed by atoms with Gasteiger partial charge in [-0.2, -0.15) is 0 Å². The fourth-order valence-electron chi connectivity index (χ4n) is 3.33. The number of para-hydroxylation sites is 2. The van der Waals surface area contributed by atoms with E-state index in [-0.39, 0.29) is 18.6 Å². The molecule has 1 amide bonds. The molecule has 0 aliphatic carbocycles. The summed E-state index contributed by atoms with van der Waals surface area (Å²) in [6.45, 7) is 4.36. The predicted octanol–water partition coefficient (Wildman–Crippen LogP) is 3.93. The first-order valence-electron chi connectivity index (χ1n) is 10.5. The molecule has 170 valence electrons. The number of hydrogen-bond acceptors (Lipinski definition) is 7. The number of methoxy groups -OCH3 is 1. The van der Waals surface area contributed by atoms with Crippen LogP contribution < -0.4 is 10.2 Å². The van der Waals surface area contributed by atoms with Gasteiger partial charge in [0.05, 0.1) is 19.9 Å². The summed E-state index contributed by atoms with van der Waals surface area (Å²) in [5, 5.41) is 8.36. The van der Waals surface area contributed by atoms with Crippen molar-refractivity contribution < 1.29 is 18.8 Å². The van der Waals surface area contributed by atoms with Crippen molar-refractivity contribution in [2.45, 2.75) is 26.5 Å². The highest BCUT2D eigenvalue weighted by molar-refractivity contribution is 5.90. The number of nitrogens with one attached hydrogen (secondary N) is 1. The molecule has 9 heteroatoms. The molecule has 1 atom stereocenters. The number of nitrogens with zero attached hydrogens (tertiary/aromatic N) is 4. The third kappa shape index (κ3) is 5.45. The lowest BCUT2D eigenvalue weighted by molar-refractivity contribution is -0.129. The fraction of sp³-hybridized carbons (Fsp3) is 0.250. The van der Waals surface area contributed by atoms with Crippen molar-refractivity contribution in [3.8, 4) is 5.75 Å². The van der Waals surface area contributed by atoms with Gasteiger partial charge >= 0.3 is 0 Å². The zero-order valence-corrected chi connectivity index (χ0v) is 18.6. The Kier molecular flexibility index (Phi) is 6.80. The van der Waals surface area contributed by atoms with Crippen LogP contribution in [-0.2, 0) is 16.2 Å². The maximum atomic E-state index is 12.1. The first kappa shape index (κ1) is 22.2. The highest BCUT2D eigenvalue weighted by Crippen LogP contribution is 2.28. The van der Waals surface area contributed by atoms with Crippen LogP contribution in [-0.4, -0.2) is 33.0 Å². The van der Waals surface area contributed by atoms with Crippen LogP contribution in [0.15, 0.2) is 65.2 Å². The van der Waals surface area contributed by atoms with Gasteiger partial charge in [0.1, 0.15) is 23.0 Å². The Balaban J connectivity index is 1.36. The zero-order chi connectivity index (χ0) is 23.2. The molecule has 0 spiro atoms. The molecular formula is C24H25N5O4. The second-order valence-electron chi connectivity index (χ2n) is 7.77. The van der Waals surface area contributed by atoms with E-state index in [1.807, 2.05) is 48.5 Å². The van der Waals surface area contributed by atoms with E-state index < -0.39 is 5.91 Å². The van der Waals surface area contributed by atoms with E-state index >= 15 is 0 Å². The van der Waals surface area contributed by atoms with Gasteiger partial charge in [0.25, 0.3) is 5.91 Å². The molecule has 0 aliphatic heterocycles. The van der Waals surface area contributed by atoms with Gasteiger partial charge in [0, 0.05) is 6.08 Å². The number of fused-ring (bicyclic) bond motifs is 1. The highest BCUT2D eigenvalue weighted by Gasteiger charge is 2.25. The molecule has 2 aromatic heterocycles. The summed E-state index contributed by atoms with van der Waals surface area (Å²) >= 11 is 0. The number of oxazole rings is 1. The van der Waals surface area contributed by atoms with Gasteiger partial charge < -0.3 is 9.15 Å². The topological polar surface area (TPSA) is 104 Å². The van der Waals surface area contributed by atoms with Crippen molar-refractivity contribution in [1.29, 1.82) is 0 Å².